The quantitative estimate of drug-likeness (QED) is 0.617. The zero-order valence-electron chi connectivity index (χ0n) is 16.3. The molecule has 2 fully saturated rings. The number of hydrogen-bond donors (Lipinski definition) is 2. The number of nitrogens with zero attached hydrogens (tertiary/aromatic N) is 1. The van der Waals surface area contributed by atoms with Crippen LogP contribution in [0.5, 0.6) is 0 Å². The molecule has 3 heterocycles. The van der Waals surface area contributed by atoms with Gasteiger partial charge in [-0.15, -0.1) is 0 Å². The van der Waals surface area contributed by atoms with Gasteiger partial charge >= 0.3 is 6.18 Å². The summed E-state index contributed by atoms with van der Waals surface area (Å²) in [6.45, 7) is 2.37. The first-order valence-corrected chi connectivity index (χ1v) is 11.4. The van der Waals surface area contributed by atoms with Crippen molar-refractivity contribution in [3.8, 4) is 0 Å². The summed E-state index contributed by atoms with van der Waals surface area (Å²) >= 11 is 0. The number of benzene rings is 2. The third-order valence-electron chi connectivity index (χ3n) is 5.91. The van der Waals surface area contributed by atoms with Crippen LogP contribution < -0.4 is 10.0 Å². The Bertz CT molecular complexity index is 1240. The van der Waals surface area contributed by atoms with Gasteiger partial charge in [0.05, 0.1) is 22.4 Å². The molecule has 2 saturated heterocycles. The van der Waals surface area contributed by atoms with Gasteiger partial charge in [0.15, 0.2) is 0 Å². The standard InChI is InChI=1S/C21H20F3N3O3S/c22-21(23,24)18-3-1-2-4-19(18)31(28,29)26-15-7-13-5-6-30-20(13)14(8-15)11-27-12-16-9-17(27)10-25-16/h1-8,16-17,25-26H,9-12H2/t16-,17-/m0/s1. The van der Waals surface area contributed by atoms with Crippen molar-refractivity contribution in [1.82, 2.24) is 10.2 Å². The number of likely N-dealkylation sites (tertiary alicyclic amines) is 1. The Morgan fingerprint density at radius 2 is 2.00 bits per heavy atom. The van der Waals surface area contributed by atoms with Gasteiger partial charge in [0, 0.05) is 42.7 Å². The zero-order valence-corrected chi connectivity index (χ0v) is 17.1. The molecule has 3 aromatic rings. The van der Waals surface area contributed by atoms with Crippen LogP contribution in [0.2, 0.25) is 0 Å². The van der Waals surface area contributed by atoms with E-state index in [0.29, 0.717) is 29.6 Å². The Kier molecular flexibility index (Phi) is 4.76. The first-order chi connectivity index (χ1) is 14.7. The third kappa shape index (κ3) is 3.79. The number of rotatable bonds is 5. The topological polar surface area (TPSA) is 74.6 Å². The summed E-state index contributed by atoms with van der Waals surface area (Å²) in [6, 6.07) is 9.92. The van der Waals surface area contributed by atoms with Crippen LogP contribution in [0.15, 0.2) is 58.0 Å². The van der Waals surface area contributed by atoms with Crippen LogP contribution in [0.3, 0.4) is 0 Å². The molecular weight excluding hydrogens is 431 g/mol. The highest BCUT2D eigenvalue weighted by Crippen LogP contribution is 2.35. The molecule has 164 valence electrons. The van der Waals surface area contributed by atoms with Gasteiger partial charge in [-0.25, -0.2) is 8.42 Å². The largest absolute Gasteiger partial charge is 0.464 e. The first-order valence-electron chi connectivity index (χ1n) is 9.87. The summed E-state index contributed by atoms with van der Waals surface area (Å²) in [6.07, 6.45) is -2.20. The fourth-order valence-electron chi connectivity index (χ4n) is 4.54. The van der Waals surface area contributed by atoms with Crippen LogP contribution in [-0.2, 0) is 22.7 Å². The lowest BCUT2D eigenvalue weighted by atomic mass is 10.1. The molecule has 2 aromatic carbocycles. The molecule has 0 saturated carbocycles. The van der Waals surface area contributed by atoms with Crippen molar-refractivity contribution >= 4 is 26.7 Å². The number of halogens is 3. The van der Waals surface area contributed by atoms with Gasteiger partial charge in [0.2, 0.25) is 0 Å². The molecule has 2 atom stereocenters. The monoisotopic (exact) mass is 451 g/mol. The molecular formula is C21H20F3N3O3S. The first kappa shape index (κ1) is 20.3. The molecule has 31 heavy (non-hydrogen) atoms. The second kappa shape index (κ2) is 7.25. The minimum absolute atomic E-state index is 0.198. The lowest BCUT2D eigenvalue weighted by Gasteiger charge is -2.27. The molecule has 2 aliphatic heterocycles. The molecule has 0 radical (unpaired) electrons. The van der Waals surface area contributed by atoms with E-state index in [9.17, 15) is 21.6 Å². The molecule has 2 bridgehead atoms. The van der Waals surface area contributed by atoms with Crippen LogP contribution in [0.4, 0.5) is 18.9 Å². The summed E-state index contributed by atoms with van der Waals surface area (Å²) < 4.78 is 73.6. The third-order valence-corrected chi connectivity index (χ3v) is 7.35. The van der Waals surface area contributed by atoms with E-state index in [-0.39, 0.29) is 5.69 Å². The lowest BCUT2D eigenvalue weighted by Crippen LogP contribution is -2.43. The van der Waals surface area contributed by atoms with E-state index in [0.717, 1.165) is 43.3 Å². The Balaban J connectivity index is 1.49. The second-order valence-electron chi connectivity index (χ2n) is 8.00. The van der Waals surface area contributed by atoms with Gasteiger partial charge in [-0.3, -0.25) is 9.62 Å². The van der Waals surface area contributed by atoms with Crippen LogP contribution in [0.25, 0.3) is 11.0 Å². The molecule has 0 amide bonds. The molecule has 0 spiro atoms. The Morgan fingerprint density at radius 3 is 2.71 bits per heavy atom. The summed E-state index contributed by atoms with van der Waals surface area (Å²) in [5.74, 6) is 0. The summed E-state index contributed by atoms with van der Waals surface area (Å²) in [7, 11) is -4.46. The van der Waals surface area contributed by atoms with Crippen LogP contribution in [0.1, 0.15) is 17.5 Å². The number of anilines is 1. The van der Waals surface area contributed by atoms with Crippen molar-refractivity contribution in [3.05, 3.63) is 59.9 Å². The SMILES string of the molecule is O=S(=O)(Nc1cc(CN2C[C@@H]3C[C@H]2CN3)c2occc2c1)c1ccccc1C(F)(F)F. The number of alkyl halides is 3. The molecule has 2 N–H and O–H groups in total. The molecule has 1 aromatic heterocycles. The van der Waals surface area contributed by atoms with Crippen LogP contribution in [0, 0.1) is 0 Å². The number of furan rings is 1. The van der Waals surface area contributed by atoms with Crippen molar-refractivity contribution in [2.24, 2.45) is 0 Å². The number of hydrogen-bond acceptors (Lipinski definition) is 5. The van der Waals surface area contributed by atoms with E-state index in [2.05, 4.69) is 14.9 Å². The van der Waals surface area contributed by atoms with Crippen molar-refractivity contribution in [2.45, 2.75) is 36.1 Å². The van der Waals surface area contributed by atoms with Gasteiger partial charge in [-0.2, -0.15) is 13.2 Å². The number of nitrogens with one attached hydrogen (secondary N) is 2. The molecule has 2 aliphatic rings. The summed E-state index contributed by atoms with van der Waals surface area (Å²) in [5.41, 5.74) is 0.433. The smallest absolute Gasteiger partial charge is 0.417 e. The van der Waals surface area contributed by atoms with Crippen molar-refractivity contribution in [1.29, 1.82) is 0 Å². The summed E-state index contributed by atoms with van der Waals surface area (Å²) in [4.78, 5) is 1.51. The highest BCUT2D eigenvalue weighted by atomic mass is 32.2. The van der Waals surface area contributed by atoms with Crippen molar-refractivity contribution < 1.29 is 26.0 Å². The fourth-order valence-corrected chi connectivity index (χ4v) is 5.81. The van der Waals surface area contributed by atoms with E-state index >= 15 is 0 Å². The van der Waals surface area contributed by atoms with E-state index < -0.39 is 26.7 Å². The minimum Gasteiger partial charge on any atom is -0.464 e. The normalized spacial score (nSPS) is 21.8. The van der Waals surface area contributed by atoms with Gasteiger partial charge in [0.25, 0.3) is 10.0 Å². The molecule has 5 rings (SSSR count). The average Bonchev–Trinajstić information content (AvgIpc) is 3.44. The molecule has 10 heteroatoms. The Morgan fingerprint density at radius 1 is 1.19 bits per heavy atom. The lowest BCUT2D eigenvalue weighted by molar-refractivity contribution is -0.139. The number of sulfonamides is 1. The van der Waals surface area contributed by atoms with Gasteiger partial charge < -0.3 is 9.73 Å². The predicted octanol–water partition coefficient (Wildman–Crippen LogP) is 3.80. The van der Waals surface area contributed by atoms with Crippen LogP contribution >= 0.6 is 0 Å². The highest BCUT2D eigenvalue weighted by molar-refractivity contribution is 7.92. The van der Waals surface area contributed by atoms with Gasteiger partial charge in [-0.05, 0) is 36.8 Å². The average molecular weight is 451 g/mol. The number of fused-ring (bicyclic) bond motifs is 3. The molecule has 6 nitrogen and oxygen atoms in total. The molecule has 0 aliphatic carbocycles. The maximum atomic E-state index is 13.3. The fraction of sp³-hybridized carbons (Fsp3) is 0.333. The second-order valence-corrected chi connectivity index (χ2v) is 9.65. The van der Waals surface area contributed by atoms with Gasteiger partial charge in [0.1, 0.15) is 5.58 Å². The van der Waals surface area contributed by atoms with Crippen molar-refractivity contribution in [2.75, 3.05) is 17.8 Å². The summed E-state index contributed by atoms with van der Waals surface area (Å²) in [5, 5.41) is 4.12. The van der Waals surface area contributed by atoms with E-state index in [4.69, 9.17) is 4.42 Å². The zero-order chi connectivity index (χ0) is 21.8. The van der Waals surface area contributed by atoms with Crippen LogP contribution in [-0.4, -0.2) is 38.5 Å². The Labute approximate surface area is 177 Å². The van der Waals surface area contributed by atoms with E-state index in [1.807, 2.05) is 0 Å². The number of piperazine rings is 1. The van der Waals surface area contributed by atoms with E-state index in [1.54, 1.807) is 18.2 Å². The minimum atomic E-state index is -4.78. The molecule has 0 unspecified atom stereocenters. The van der Waals surface area contributed by atoms with Gasteiger partial charge in [-0.1, -0.05) is 12.1 Å². The maximum absolute atomic E-state index is 13.3. The highest BCUT2D eigenvalue weighted by Gasteiger charge is 2.38. The Hall–Kier alpha value is -2.56. The van der Waals surface area contributed by atoms with E-state index in [1.165, 1.54) is 12.3 Å². The predicted molar refractivity (Wildman–Crippen MR) is 109 cm³/mol. The van der Waals surface area contributed by atoms with Crippen molar-refractivity contribution in [3.63, 3.8) is 0 Å². The maximum Gasteiger partial charge on any atom is 0.417 e.